The minimum atomic E-state index is -1.02. The van der Waals surface area contributed by atoms with Gasteiger partial charge in [-0.2, -0.15) is 0 Å². The van der Waals surface area contributed by atoms with Crippen LogP contribution < -0.4 is 5.32 Å². The number of nitrogens with one attached hydrogen (secondary N) is 1. The van der Waals surface area contributed by atoms with Crippen LogP contribution >= 0.6 is 11.3 Å². The summed E-state index contributed by atoms with van der Waals surface area (Å²) in [7, 11) is 0. The van der Waals surface area contributed by atoms with E-state index in [0.29, 0.717) is 12.0 Å². The Balaban J connectivity index is 1.70. The number of thiophene rings is 1. The number of carbonyl (C=O) groups excluding carboxylic acids is 2. The van der Waals surface area contributed by atoms with Crippen LogP contribution in [-0.2, 0) is 23.3 Å². The Morgan fingerprint density at radius 1 is 1.28 bits per heavy atom. The number of amides is 3. The first kappa shape index (κ1) is 15.8. The van der Waals surface area contributed by atoms with Crippen molar-refractivity contribution in [3.63, 3.8) is 0 Å². The molecule has 1 fully saturated rings. The first-order valence-corrected chi connectivity index (χ1v) is 8.84. The molecular formula is C17H15N3O4S. The van der Waals surface area contributed by atoms with Gasteiger partial charge in [0, 0.05) is 22.1 Å². The summed E-state index contributed by atoms with van der Waals surface area (Å²) in [6.07, 6.45) is 2.27. The molecule has 25 heavy (non-hydrogen) atoms. The van der Waals surface area contributed by atoms with Gasteiger partial charge in [0.15, 0.2) is 0 Å². The van der Waals surface area contributed by atoms with Crippen molar-refractivity contribution >= 4 is 29.0 Å². The standard InChI is InChI=1S/C17H15N3O4S/c21-15-17(8-3-6-14-12(17)7-9-25-14)18-16(22)19(15)10-11-4-1-2-5-13(11)20(23)24/h1-2,4-5,7,9H,3,6,8,10H2,(H,18,22)/t17-/m0/s1. The van der Waals surface area contributed by atoms with E-state index < -0.39 is 16.5 Å². The highest BCUT2D eigenvalue weighted by Crippen LogP contribution is 2.42. The van der Waals surface area contributed by atoms with E-state index >= 15 is 0 Å². The highest BCUT2D eigenvalue weighted by Gasteiger charge is 2.54. The van der Waals surface area contributed by atoms with Crippen LogP contribution in [0, 0.1) is 10.1 Å². The molecule has 1 aliphatic heterocycles. The largest absolute Gasteiger partial charge is 0.325 e. The number of carbonyl (C=O) groups is 2. The van der Waals surface area contributed by atoms with Gasteiger partial charge in [0.1, 0.15) is 5.54 Å². The summed E-state index contributed by atoms with van der Waals surface area (Å²) in [4.78, 5) is 38.5. The van der Waals surface area contributed by atoms with Gasteiger partial charge >= 0.3 is 6.03 Å². The zero-order valence-corrected chi connectivity index (χ0v) is 14.0. The lowest BCUT2D eigenvalue weighted by atomic mass is 9.80. The van der Waals surface area contributed by atoms with Gasteiger partial charge in [0.25, 0.3) is 11.6 Å². The number of aryl methyl sites for hydroxylation is 1. The second-order valence-electron chi connectivity index (χ2n) is 6.22. The fourth-order valence-corrected chi connectivity index (χ4v) is 4.68. The SMILES string of the molecule is O=C1N[C@]2(CCCc3sccc32)C(=O)N1Cc1ccccc1[N+](=O)[O-]. The lowest BCUT2D eigenvalue weighted by Crippen LogP contribution is -2.46. The van der Waals surface area contributed by atoms with Gasteiger partial charge in [-0.1, -0.05) is 18.2 Å². The van der Waals surface area contributed by atoms with Crippen molar-refractivity contribution in [3.8, 4) is 0 Å². The predicted octanol–water partition coefficient (Wildman–Crippen LogP) is 2.94. The fourth-order valence-electron chi connectivity index (χ4n) is 3.68. The summed E-state index contributed by atoms with van der Waals surface area (Å²) >= 11 is 1.59. The molecule has 7 nitrogen and oxygen atoms in total. The maximum atomic E-state index is 13.1. The molecule has 2 heterocycles. The molecule has 1 aromatic heterocycles. The average Bonchev–Trinajstić information content (AvgIpc) is 3.16. The third-order valence-electron chi connectivity index (χ3n) is 4.85. The van der Waals surface area contributed by atoms with Crippen LogP contribution in [0.15, 0.2) is 35.7 Å². The van der Waals surface area contributed by atoms with Crippen LogP contribution in [0.4, 0.5) is 10.5 Å². The molecule has 1 saturated heterocycles. The van der Waals surface area contributed by atoms with E-state index in [4.69, 9.17) is 0 Å². The van der Waals surface area contributed by atoms with Crippen molar-refractivity contribution in [1.29, 1.82) is 0 Å². The van der Waals surface area contributed by atoms with Gasteiger partial charge in [0.05, 0.1) is 11.5 Å². The molecule has 8 heteroatoms. The molecule has 0 radical (unpaired) electrons. The number of nitro benzene ring substituents is 1. The number of hydrogen-bond donors (Lipinski definition) is 1. The molecule has 2 aliphatic rings. The number of benzene rings is 1. The van der Waals surface area contributed by atoms with Gasteiger partial charge in [-0.15, -0.1) is 11.3 Å². The van der Waals surface area contributed by atoms with Crippen molar-refractivity contribution in [3.05, 3.63) is 61.8 Å². The number of fused-ring (bicyclic) bond motifs is 2. The molecule has 128 valence electrons. The van der Waals surface area contributed by atoms with E-state index in [2.05, 4.69) is 5.32 Å². The Bertz CT molecular complexity index is 894. The number of hydrogen-bond acceptors (Lipinski definition) is 5. The molecular weight excluding hydrogens is 342 g/mol. The summed E-state index contributed by atoms with van der Waals surface area (Å²) in [6, 6.07) is 7.57. The second kappa shape index (κ2) is 5.66. The van der Waals surface area contributed by atoms with E-state index in [1.807, 2.05) is 11.4 Å². The molecule has 1 N–H and O–H groups in total. The van der Waals surface area contributed by atoms with E-state index in [-0.39, 0.29) is 18.1 Å². The molecule has 1 aliphatic carbocycles. The van der Waals surface area contributed by atoms with E-state index in [1.165, 1.54) is 6.07 Å². The van der Waals surface area contributed by atoms with Crippen LogP contribution in [-0.4, -0.2) is 21.8 Å². The van der Waals surface area contributed by atoms with Crippen LogP contribution in [0.25, 0.3) is 0 Å². The van der Waals surface area contributed by atoms with Gasteiger partial charge in [0.2, 0.25) is 0 Å². The molecule has 1 atom stereocenters. The van der Waals surface area contributed by atoms with Gasteiger partial charge in [-0.3, -0.25) is 19.8 Å². The number of imide groups is 1. The quantitative estimate of drug-likeness (QED) is 0.519. The van der Waals surface area contributed by atoms with Gasteiger partial charge in [-0.25, -0.2) is 4.79 Å². The van der Waals surface area contributed by atoms with E-state index in [9.17, 15) is 19.7 Å². The Kier molecular flexibility index (Phi) is 3.57. The number of nitro groups is 1. The molecule has 3 amide bonds. The minimum absolute atomic E-state index is 0.0936. The average molecular weight is 357 g/mol. The van der Waals surface area contributed by atoms with E-state index in [0.717, 1.165) is 28.2 Å². The highest BCUT2D eigenvalue weighted by molar-refractivity contribution is 7.10. The maximum Gasteiger partial charge on any atom is 0.325 e. The first-order valence-electron chi connectivity index (χ1n) is 7.96. The number of para-hydroxylation sites is 1. The molecule has 2 aromatic rings. The van der Waals surface area contributed by atoms with Gasteiger partial charge in [-0.05, 0) is 30.7 Å². The van der Waals surface area contributed by atoms with Crippen LogP contribution in [0.3, 0.4) is 0 Å². The molecule has 0 saturated carbocycles. The maximum absolute atomic E-state index is 13.1. The molecule has 0 unspecified atom stereocenters. The monoisotopic (exact) mass is 357 g/mol. The van der Waals surface area contributed by atoms with Crippen molar-refractivity contribution in [1.82, 2.24) is 10.2 Å². The summed E-state index contributed by atoms with van der Waals surface area (Å²) in [5.41, 5.74) is 0.0966. The Hall–Kier alpha value is -2.74. The zero-order valence-electron chi connectivity index (χ0n) is 13.2. The predicted molar refractivity (Wildman–Crippen MR) is 91.1 cm³/mol. The topological polar surface area (TPSA) is 92.6 Å². The highest BCUT2D eigenvalue weighted by atomic mass is 32.1. The lowest BCUT2D eigenvalue weighted by Gasteiger charge is -2.31. The Morgan fingerprint density at radius 3 is 2.88 bits per heavy atom. The summed E-state index contributed by atoms with van der Waals surface area (Å²) < 4.78 is 0. The molecule has 1 aromatic carbocycles. The van der Waals surface area contributed by atoms with Crippen molar-refractivity contribution in [2.75, 3.05) is 0 Å². The Morgan fingerprint density at radius 2 is 2.08 bits per heavy atom. The molecule has 0 bridgehead atoms. The molecule has 4 rings (SSSR count). The lowest BCUT2D eigenvalue weighted by molar-refractivity contribution is -0.385. The molecule has 1 spiro atoms. The Labute approximate surface area is 147 Å². The first-order chi connectivity index (χ1) is 12.0. The second-order valence-corrected chi connectivity index (χ2v) is 7.22. The van der Waals surface area contributed by atoms with Crippen LogP contribution in [0.1, 0.15) is 28.8 Å². The van der Waals surface area contributed by atoms with Crippen molar-refractivity contribution < 1.29 is 14.5 Å². The normalized spacial score (nSPS) is 22.2. The minimum Gasteiger partial charge on any atom is -0.319 e. The van der Waals surface area contributed by atoms with Crippen molar-refractivity contribution in [2.24, 2.45) is 0 Å². The van der Waals surface area contributed by atoms with E-state index in [1.54, 1.807) is 29.5 Å². The summed E-state index contributed by atoms with van der Waals surface area (Å²) in [5, 5.41) is 16.0. The number of nitrogens with zero attached hydrogens (tertiary/aromatic N) is 2. The number of urea groups is 1. The zero-order chi connectivity index (χ0) is 17.6. The van der Waals surface area contributed by atoms with Gasteiger partial charge < -0.3 is 5.32 Å². The summed E-state index contributed by atoms with van der Waals surface area (Å²) in [6.45, 7) is -0.108. The van der Waals surface area contributed by atoms with Crippen LogP contribution in [0.5, 0.6) is 0 Å². The third kappa shape index (κ3) is 2.32. The third-order valence-corrected chi connectivity index (χ3v) is 5.83. The smallest absolute Gasteiger partial charge is 0.319 e. The van der Waals surface area contributed by atoms with Crippen LogP contribution in [0.2, 0.25) is 0 Å². The van der Waals surface area contributed by atoms with Crippen molar-refractivity contribution in [2.45, 2.75) is 31.3 Å². The fraction of sp³-hybridized carbons (Fsp3) is 0.294. The number of rotatable bonds is 3. The summed E-state index contributed by atoms with van der Waals surface area (Å²) in [5.74, 6) is -0.324.